The van der Waals surface area contributed by atoms with Crippen molar-refractivity contribution in [2.45, 2.75) is 20.3 Å². The van der Waals surface area contributed by atoms with E-state index in [-0.39, 0.29) is 0 Å². The van der Waals surface area contributed by atoms with E-state index >= 15 is 0 Å². The third-order valence-corrected chi connectivity index (χ3v) is 3.68. The lowest BCUT2D eigenvalue weighted by Crippen LogP contribution is -2.31. The molecule has 0 amide bonds. The number of nitrogens with two attached hydrogens (primary N) is 2. The van der Waals surface area contributed by atoms with E-state index in [0.29, 0.717) is 12.2 Å². The molecule has 2 aromatic rings. The Kier molecular flexibility index (Phi) is 5.05. The Labute approximate surface area is 132 Å². The first-order chi connectivity index (χ1) is 10.5. The Morgan fingerprint density at radius 2 is 1.73 bits per heavy atom. The van der Waals surface area contributed by atoms with Crippen LogP contribution in [0.1, 0.15) is 22.3 Å². The van der Waals surface area contributed by atoms with Gasteiger partial charge in [-0.25, -0.2) is 5.84 Å². The maximum Gasteiger partial charge on any atom is 0.103 e. The van der Waals surface area contributed by atoms with Crippen molar-refractivity contribution in [3.63, 3.8) is 0 Å². The molecule has 114 valence electrons. The van der Waals surface area contributed by atoms with Crippen molar-refractivity contribution >= 4 is 11.4 Å². The first-order valence-corrected chi connectivity index (χ1v) is 7.35. The molecule has 0 aliphatic carbocycles. The fraction of sp³-hybridized carbons (Fsp3) is 0.211. The Morgan fingerprint density at radius 1 is 1.09 bits per heavy atom. The quantitative estimate of drug-likeness (QED) is 0.384. The molecule has 0 aliphatic heterocycles. The van der Waals surface area contributed by atoms with Gasteiger partial charge in [-0.1, -0.05) is 42.5 Å². The zero-order chi connectivity index (χ0) is 16.1. The number of benzene rings is 2. The monoisotopic (exact) mass is 293 g/mol. The van der Waals surface area contributed by atoms with Gasteiger partial charge in [0.15, 0.2) is 0 Å². The second-order valence-corrected chi connectivity index (χ2v) is 5.55. The molecule has 4 N–H and O–H groups in total. The summed E-state index contributed by atoms with van der Waals surface area (Å²) in [4.78, 5) is 0. The van der Waals surface area contributed by atoms with Gasteiger partial charge < -0.3 is 10.7 Å². The number of hydrogen-bond acceptors (Lipinski definition) is 3. The molecule has 0 unspecified atom stereocenters. The highest BCUT2D eigenvalue weighted by Crippen LogP contribution is 2.23. The molecule has 0 aliphatic rings. The molecule has 0 fully saturated rings. The summed E-state index contributed by atoms with van der Waals surface area (Å²) in [6, 6.07) is 14.4. The molecule has 0 heterocycles. The van der Waals surface area contributed by atoms with Gasteiger partial charge in [0.25, 0.3) is 0 Å². The van der Waals surface area contributed by atoms with E-state index in [1.54, 1.807) is 5.01 Å². The van der Waals surface area contributed by atoms with E-state index in [0.717, 1.165) is 23.2 Å². The molecule has 0 saturated carbocycles. The minimum absolute atomic E-state index is 0.675. The van der Waals surface area contributed by atoms with E-state index in [1.165, 1.54) is 11.1 Å². The summed E-state index contributed by atoms with van der Waals surface area (Å²) in [5.41, 5.74) is 14.9. The number of anilines is 1. The van der Waals surface area contributed by atoms with Crippen LogP contribution in [0, 0.1) is 13.8 Å². The van der Waals surface area contributed by atoms with E-state index in [1.807, 2.05) is 25.1 Å². The van der Waals surface area contributed by atoms with Crippen LogP contribution in [-0.2, 0) is 6.42 Å². The predicted molar refractivity (Wildman–Crippen MR) is 93.9 cm³/mol. The van der Waals surface area contributed by atoms with Crippen molar-refractivity contribution in [2.75, 3.05) is 12.3 Å². The van der Waals surface area contributed by atoms with Crippen LogP contribution in [0.4, 0.5) is 5.69 Å². The average molecular weight is 293 g/mol. The first kappa shape index (κ1) is 15.9. The molecule has 2 aromatic carbocycles. The van der Waals surface area contributed by atoms with E-state index < -0.39 is 0 Å². The van der Waals surface area contributed by atoms with Gasteiger partial charge in [0.2, 0.25) is 0 Å². The largest absolute Gasteiger partial charge is 0.398 e. The molecule has 22 heavy (non-hydrogen) atoms. The summed E-state index contributed by atoms with van der Waals surface area (Å²) in [5, 5.41) is 1.66. The van der Waals surface area contributed by atoms with Crippen molar-refractivity contribution in [2.24, 2.45) is 5.84 Å². The van der Waals surface area contributed by atoms with Crippen LogP contribution in [0.2, 0.25) is 0 Å². The molecule has 3 heteroatoms. The van der Waals surface area contributed by atoms with Crippen LogP contribution < -0.4 is 11.6 Å². The van der Waals surface area contributed by atoms with Gasteiger partial charge in [0, 0.05) is 17.8 Å². The van der Waals surface area contributed by atoms with Gasteiger partial charge in [-0.3, -0.25) is 0 Å². The molecule has 0 aromatic heterocycles. The molecular weight excluding hydrogens is 270 g/mol. The van der Waals surface area contributed by atoms with Crippen LogP contribution in [-0.4, -0.2) is 11.6 Å². The molecule has 0 saturated heterocycles. The summed E-state index contributed by atoms with van der Waals surface area (Å²) in [5.74, 6) is 6.18. The molecule has 0 radical (unpaired) electrons. The van der Waals surface area contributed by atoms with Crippen molar-refractivity contribution in [1.82, 2.24) is 5.01 Å². The Morgan fingerprint density at radius 3 is 2.32 bits per heavy atom. The minimum Gasteiger partial charge on any atom is -0.398 e. The van der Waals surface area contributed by atoms with Crippen LogP contribution in [0.3, 0.4) is 0 Å². The van der Waals surface area contributed by atoms with Gasteiger partial charge in [0.1, 0.15) is 5.70 Å². The lowest BCUT2D eigenvalue weighted by Gasteiger charge is -2.22. The molecule has 0 atom stereocenters. The minimum atomic E-state index is 0.675. The third-order valence-electron chi connectivity index (χ3n) is 3.68. The normalized spacial score (nSPS) is 10.1. The van der Waals surface area contributed by atoms with Crippen molar-refractivity contribution in [3.8, 4) is 0 Å². The summed E-state index contributed by atoms with van der Waals surface area (Å²) in [7, 11) is 0. The van der Waals surface area contributed by atoms with Crippen LogP contribution >= 0.6 is 0 Å². The maximum atomic E-state index is 6.18. The smallest absolute Gasteiger partial charge is 0.103 e. The highest BCUT2D eigenvalue weighted by Gasteiger charge is 2.11. The highest BCUT2D eigenvalue weighted by molar-refractivity contribution is 5.73. The van der Waals surface area contributed by atoms with E-state index in [4.69, 9.17) is 11.6 Å². The SMILES string of the molecule is C=C=C(c1ccc(C)cc1N)N(N)CCc1ccc(C)cc1. The topological polar surface area (TPSA) is 55.3 Å². The molecule has 0 spiro atoms. The Bertz CT molecular complexity index is 695. The number of nitrogen functional groups attached to an aromatic ring is 1. The van der Waals surface area contributed by atoms with E-state index in [2.05, 4.69) is 43.5 Å². The average Bonchev–Trinajstić information content (AvgIpc) is 2.49. The summed E-state index contributed by atoms with van der Waals surface area (Å²) in [6.07, 6.45) is 0.855. The van der Waals surface area contributed by atoms with E-state index in [9.17, 15) is 0 Å². The Balaban J connectivity index is 2.11. The van der Waals surface area contributed by atoms with Crippen LogP contribution in [0.15, 0.2) is 54.8 Å². The van der Waals surface area contributed by atoms with Crippen molar-refractivity contribution in [3.05, 3.63) is 77.0 Å². The second-order valence-electron chi connectivity index (χ2n) is 5.55. The zero-order valence-electron chi connectivity index (χ0n) is 13.3. The third kappa shape index (κ3) is 3.79. The number of nitrogens with zero attached hydrogens (tertiary/aromatic N) is 1. The van der Waals surface area contributed by atoms with Gasteiger partial charge in [-0.05, 0) is 43.5 Å². The number of aryl methyl sites for hydroxylation is 2. The van der Waals surface area contributed by atoms with Gasteiger partial charge in [-0.2, -0.15) is 0 Å². The summed E-state index contributed by atoms with van der Waals surface area (Å²) >= 11 is 0. The summed E-state index contributed by atoms with van der Waals surface area (Å²) in [6.45, 7) is 8.51. The highest BCUT2D eigenvalue weighted by atomic mass is 15.4. The van der Waals surface area contributed by atoms with Crippen molar-refractivity contribution in [1.29, 1.82) is 0 Å². The van der Waals surface area contributed by atoms with Crippen LogP contribution in [0.5, 0.6) is 0 Å². The molecule has 2 rings (SSSR count). The van der Waals surface area contributed by atoms with Gasteiger partial charge in [0.05, 0.1) is 0 Å². The fourth-order valence-electron chi connectivity index (χ4n) is 2.37. The molecule has 0 bridgehead atoms. The summed E-state index contributed by atoms with van der Waals surface area (Å²) < 4.78 is 0. The number of rotatable bonds is 5. The van der Waals surface area contributed by atoms with Gasteiger partial charge >= 0.3 is 0 Å². The number of hydrogen-bond donors (Lipinski definition) is 2. The number of hydrazine groups is 1. The van der Waals surface area contributed by atoms with Crippen LogP contribution in [0.25, 0.3) is 5.70 Å². The molecular formula is C19H23N3. The van der Waals surface area contributed by atoms with Gasteiger partial charge in [-0.15, -0.1) is 5.73 Å². The fourth-order valence-corrected chi connectivity index (χ4v) is 2.37. The first-order valence-electron chi connectivity index (χ1n) is 7.35. The Hall–Kier alpha value is -2.48. The molecule has 3 nitrogen and oxygen atoms in total. The second kappa shape index (κ2) is 6.99. The van der Waals surface area contributed by atoms with Crippen molar-refractivity contribution < 1.29 is 0 Å². The lowest BCUT2D eigenvalue weighted by molar-refractivity contribution is 0.421. The maximum absolute atomic E-state index is 6.18. The standard InChI is InChI=1S/C19H23N3/c1-4-19(17-10-7-15(3)13-18(17)20)22(21)12-11-16-8-5-14(2)6-9-16/h5-10,13H,1,11-12,20-21H2,2-3H3. The predicted octanol–water partition coefficient (Wildman–Crippen LogP) is 3.43. The zero-order valence-corrected chi connectivity index (χ0v) is 13.3. The lowest BCUT2D eigenvalue weighted by atomic mass is 10.1.